The van der Waals surface area contributed by atoms with Crippen molar-refractivity contribution in [3.05, 3.63) is 29.3 Å². The van der Waals surface area contributed by atoms with Gasteiger partial charge in [0.05, 0.1) is 5.75 Å². The van der Waals surface area contributed by atoms with E-state index in [9.17, 15) is 13.5 Å². The second kappa shape index (κ2) is 6.17. The van der Waals surface area contributed by atoms with E-state index < -0.39 is 10.0 Å². The van der Waals surface area contributed by atoms with Crippen molar-refractivity contribution in [2.45, 2.75) is 19.9 Å². The molecule has 1 rings (SSSR count). The lowest BCUT2D eigenvalue weighted by Crippen LogP contribution is -2.30. The first kappa shape index (κ1) is 14.9. The highest BCUT2D eigenvalue weighted by Crippen LogP contribution is 2.24. The molecular formula is C12H20N2O3S. The van der Waals surface area contributed by atoms with Crippen LogP contribution in [0.2, 0.25) is 0 Å². The standard InChI is InChI=1S/C12H20N2O3S/c1-9-4-5-12(15)11(8-9)10(2)14-6-7-18(16,17)13-3/h4-5,8,10,13-15H,6-7H2,1-3H3. The molecule has 18 heavy (non-hydrogen) atoms. The Morgan fingerprint density at radius 2 is 2.06 bits per heavy atom. The molecule has 0 fully saturated rings. The Morgan fingerprint density at radius 3 is 2.67 bits per heavy atom. The minimum absolute atomic E-state index is 0.0143. The molecule has 1 atom stereocenters. The van der Waals surface area contributed by atoms with Crippen LogP contribution < -0.4 is 10.0 Å². The van der Waals surface area contributed by atoms with Gasteiger partial charge in [0.15, 0.2) is 0 Å². The summed E-state index contributed by atoms with van der Waals surface area (Å²) in [6, 6.07) is 5.26. The minimum Gasteiger partial charge on any atom is -0.508 e. The molecule has 0 aromatic heterocycles. The first-order valence-corrected chi connectivity index (χ1v) is 7.45. The highest BCUT2D eigenvalue weighted by molar-refractivity contribution is 7.89. The smallest absolute Gasteiger partial charge is 0.212 e. The Balaban J connectivity index is 2.61. The van der Waals surface area contributed by atoms with Gasteiger partial charge in [0.2, 0.25) is 10.0 Å². The van der Waals surface area contributed by atoms with Crippen molar-refractivity contribution in [2.75, 3.05) is 19.3 Å². The SMILES string of the molecule is CNS(=O)(=O)CCNC(C)c1cc(C)ccc1O. The number of benzene rings is 1. The van der Waals surface area contributed by atoms with Crippen LogP contribution in [-0.2, 0) is 10.0 Å². The van der Waals surface area contributed by atoms with E-state index in [0.717, 1.165) is 11.1 Å². The van der Waals surface area contributed by atoms with Gasteiger partial charge in [-0.3, -0.25) is 0 Å². The van der Waals surface area contributed by atoms with Crippen LogP contribution in [0, 0.1) is 6.92 Å². The summed E-state index contributed by atoms with van der Waals surface area (Å²) in [6.07, 6.45) is 0. The van der Waals surface area contributed by atoms with Gasteiger partial charge in [-0.2, -0.15) is 0 Å². The van der Waals surface area contributed by atoms with Crippen molar-refractivity contribution in [2.24, 2.45) is 0 Å². The van der Waals surface area contributed by atoms with E-state index in [0.29, 0.717) is 6.54 Å². The summed E-state index contributed by atoms with van der Waals surface area (Å²) in [4.78, 5) is 0. The maximum atomic E-state index is 11.2. The summed E-state index contributed by atoms with van der Waals surface area (Å²) in [7, 11) is -1.80. The zero-order valence-electron chi connectivity index (χ0n) is 10.9. The van der Waals surface area contributed by atoms with E-state index in [2.05, 4.69) is 10.0 Å². The molecule has 0 bridgehead atoms. The highest BCUT2D eigenvalue weighted by Gasteiger charge is 2.12. The van der Waals surface area contributed by atoms with Gasteiger partial charge in [-0.25, -0.2) is 13.1 Å². The molecular weight excluding hydrogens is 252 g/mol. The Morgan fingerprint density at radius 1 is 1.39 bits per heavy atom. The molecule has 0 saturated heterocycles. The van der Waals surface area contributed by atoms with Gasteiger partial charge in [0, 0.05) is 18.2 Å². The number of aromatic hydroxyl groups is 1. The van der Waals surface area contributed by atoms with Crippen molar-refractivity contribution in [3.63, 3.8) is 0 Å². The molecule has 102 valence electrons. The number of nitrogens with one attached hydrogen (secondary N) is 2. The fraction of sp³-hybridized carbons (Fsp3) is 0.500. The molecule has 5 nitrogen and oxygen atoms in total. The third-order valence-electron chi connectivity index (χ3n) is 2.78. The molecule has 0 amide bonds. The van der Waals surface area contributed by atoms with Crippen LogP contribution in [0.5, 0.6) is 5.75 Å². The monoisotopic (exact) mass is 272 g/mol. The topological polar surface area (TPSA) is 78.4 Å². The van der Waals surface area contributed by atoms with Crippen molar-refractivity contribution < 1.29 is 13.5 Å². The van der Waals surface area contributed by atoms with Crippen LogP contribution in [-0.4, -0.2) is 32.9 Å². The number of hydrogen-bond acceptors (Lipinski definition) is 4. The summed E-state index contributed by atoms with van der Waals surface area (Å²) in [5.41, 5.74) is 1.83. The molecule has 1 unspecified atom stereocenters. The predicted octanol–water partition coefficient (Wildman–Crippen LogP) is 0.900. The second-order valence-corrected chi connectivity index (χ2v) is 6.31. The number of phenols is 1. The number of aryl methyl sites for hydroxylation is 1. The van der Waals surface area contributed by atoms with Gasteiger partial charge < -0.3 is 10.4 Å². The molecule has 0 aliphatic carbocycles. The summed E-state index contributed by atoms with van der Waals surface area (Å²) in [5, 5.41) is 12.8. The van der Waals surface area contributed by atoms with Crippen molar-refractivity contribution in [1.82, 2.24) is 10.0 Å². The van der Waals surface area contributed by atoms with E-state index >= 15 is 0 Å². The van der Waals surface area contributed by atoms with Gasteiger partial charge in [0.25, 0.3) is 0 Å². The predicted molar refractivity (Wildman–Crippen MR) is 72.1 cm³/mol. The van der Waals surface area contributed by atoms with Gasteiger partial charge in [-0.1, -0.05) is 17.7 Å². The molecule has 0 spiro atoms. The lowest BCUT2D eigenvalue weighted by molar-refractivity contribution is 0.454. The maximum Gasteiger partial charge on any atom is 0.212 e. The number of sulfonamides is 1. The number of phenolic OH excluding ortho intramolecular Hbond substituents is 1. The molecule has 1 aromatic rings. The van der Waals surface area contributed by atoms with Crippen LogP contribution in [0.3, 0.4) is 0 Å². The van der Waals surface area contributed by atoms with Crippen molar-refractivity contribution in [3.8, 4) is 5.75 Å². The fourth-order valence-electron chi connectivity index (χ4n) is 1.64. The average Bonchev–Trinajstić information content (AvgIpc) is 2.32. The first-order chi connectivity index (χ1) is 8.35. The van der Waals surface area contributed by atoms with Gasteiger partial charge >= 0.3 is 0 Å². The van der Waals surface area contributed by atoms with Crippen molar-refractivity contribution >= 4 is 10.0 Å². The molecule has 3 N–H and O–H groups in total. The Bertz CT molecular complexity index is 500. The highest BCUT2D eigenvalue weighted by atomic mass is 32.2. The van der Waals surface area contributed by atoms with E-state index in [-0.39, 0.29) is 17.5 Å². The molecule has 0 aliphatic heterocycles. The molecule has 0 aliphatic rings. The van der Waals surface area contributed by atoms with E-state index in [1.807, 2.05) is 26.0 Å². The van der Waals surface area contributed by atoms with Crippen LogP contribution in [0.15, 0.2) is 18.2 Å². The van der Waals surface area contributed by atoms with Gasteiger partial charge in [0.1, 0.15) is 5.75 Å². The lowest BCUT2D eigenvalue weighted by atomic mass is 10.0. The fourth-order valence-corrected chi connectivity index (χ4v) is 2.23. The summed E-state index contributed by atoms with van der Waals surface area (Å²) in [5.74, 6) is 0.234. The summed E-state index contributed by atoms with van der Waals surface area (Å²) in [6.45, 7) is 4.17. The minimum atomic E-state index is -3.19. The Labute approximate surface area is 108 Å². The molecule has 6 heteroatoms. The van der Waals surface area contributed by atoms with Crippen molar-refractivity contribution in [1.29, 1.82) is 0 Å². The molecule has 1 aromatic carbocycles. The average molecular weight is 272 g/mol. The zero-order chi connectivity index (χ0) is 13.8. The lowest BCUT2D eigenvalue weighted by Gasteiger charge is -2.16. The zero-order valence-corrected chi connectivity index (χ0v) is 11.7. The first-order valence-electron chi connectivity index (χ1n) is 5.80. The van der Waals surface area contributed by atoms with Crippen LogP contribution in [0.1, 0.15) is 24.1 Å². The third-order valence-corrected chi connectivity index (χ3v) is 4.15. The van der Waals surface area contributed by atoms with Crippen LogP contribution >= 0.6 is 0 Å². The Kier molecular flexibility index (Phi) is 5.13. The number of rotatable bonds is 6. The molecule has 0 saturated carbocycles. The number of hydrogen-bond donors (Lipinski definition) is 3. The third kappa shape index (κ3) is 4.29. The van der Waals surface area contributed by atoms with Gasteiger partial charge in [-0.05, 0) is 27.0 Å². The van der Waals surface area contributed by atoms with Crippen LogP contribution in [0.25, 0.3) is 0 Å². The maximum absolute atomic E-state index is 11.2. The second-order valence-electron chi connectivity index (χ2n) is 4.26. The quantitative estimate of drug-likeness (QED) is 0.719. The van der Waals surface area contributed by atoms with Gasteiger partial charge in [-0.15, -0.1) is 0 Å². The largest absolute Gasteiger partial charge is 0.508 e. The summed E-state index contributed by atoms with van der Waals surface area (Å²) < 4.78 is 24.7. The Hall–Kier alpha value is -1.11. The normalized spacial score (nSPS) is 13.5. The molecule has 0 radical (unpaired) electrons. The van der Waals surface area contributed by atoms with E-state index in [1.54, 1.807) is 6.07 Å². The van der Waals surface area contributed by atoms with Crippen LogP contribution in [0.4, 0.5) is 0 Å². The summed E-state index contributed by atoms with van der Waals surface area (Å²) >= 11 is 0. The van der Waals surface area contributed by atoms with E-state index in [1.165, 1.54) is 7.05 Å². The van der Waals surface area contributed by atoms with E-state index in [4.69, 9.17) is 0 Å². The molecule has 0 heterocycles.